The van der Waals surface area contributed by atoms with Crippen LogP contribution >= 0.6 is 47.0 Å². The Kier molecular flexibility index (Phi) is 6.62. The summed E-state index contributed by atoms with van der Waals surface area (Å²) in [4.78, 5) is 22.8. The number of nitro groups is 1. The number of aryl methyl sites for hydroxylation is 1. The fourth-order valence-corrected chi connectivity index (χ4v) is 3.26. The minimum absolute atomic E-state index is 0.0266. The van der Waals surface area contributed by atoms with E-state index in [1.165, 1.54) is 18.2 Å². The number of carbonyl (C=O) groups is 1. The third-order valence-corrected chi connectivity index (χ3v) is 5.25. The summed E-state index contributed by atoms with van der Waals surface area (Å²) in [5.74, 6) is -0.126. The number of nitro benzene ring substituents is 1. The number of hydrogen-bond donors (Lipinski definition) is 2. The van der Waals surface area contributed by atoms with Crippen molar-refractivity contribution in [2.24, 2.45) is 0 Å². The molecule has 11 heteroatoms. The maximum atomic E-state index is 12.4. The molecular weight excluding hydrogens is 473 g/mol. The molecule has 0 saturated carbocycles. The number of nitrogens with one attached hydrogen (secondary N) is 2. The van der Waals surface area contributed by atoms with Gasteiger partial charge in [0.15, 0.2) is 10.9 Å². The van der Waals surface area contributed by atoms with E-state index in [-0.39, 0.29) is 21.6 Å². The summed E-state index contributed by atoms with van der Waals surface area (Å²) >= 11 is 23.0. The van der Waals surface area contributed by atoms with Crippen LogP contribution in [-0.4, -0.2) is 15.9 Å². The van der Waals surface area contributed by atoms with Gasteiger partial charge in [0.05, 0.1) is 15.0 Å². The largest absolute Gasteiger partial charge is 0.451 e. The Morgan fingerprint density at radius 1 is 1.07 bits per heavy atom. The van der Waals surface area contributed by atoms with Gasteiger partial charge in [-0.2, -0.15) is 0 Å². The third kappa shape index (κ3) is 4.91. The van der Waals surface area contributed by atoms with Gasteiger partial charge in [-0.05, 0) is 61.1 Å². The molecule has 7 nitrogen and oxygen atoms in total. The molecular formula is C19H12Cl3N3O4S. The van der Waals surface area contributed by atoms with Gasteiger partial charge in [-0.3, -0.25) is 20.2 Å². The number of benzene rings is 2. The number of furan rings is 1. The molecule has 2 N–H and O–H groups in total. The van der Waals surface area contributed by atoms with Crippen molar-refractivity contribution in [1.82, 2.24) is 5.32 Å². The second kappa shape index (κ2) is 9.01. The van der Waals surface area contributed by atoms with Gasteiger partial charge in [0.2, 0.25) is 0 Å². The van der Waals surface area contributed by atoms with Crippen LogP contribution in [0.5, 0.6) is 0 Å². The lowest BCUT2D eigenvalue weighted by molar-refractivity contribution is -0.384. The molecule has 3 aromatic rings. The average molecular weight is 485 g/mol. The van der Waals surface area contributed by atoms with Crippen molar-refractivity contribution >= 4 is 69.4 Å². The zero-order valence-corrected chi connectivity index (χ0v) is 18.2. The van der Waals surface area contributed by atoms with E-state index in [9.17, 15) is 14.9 Å². The lowest BCUT2D eigenvalue weighted by atomic mass is 10.2. The van der Waals surface area contributed by atoms with Crippen LogP contribution in [0.3, 0.4) is 0 Å². The lowest BCUT2D eigenvalue weighted by Gasteiger charge is -2.11. The van der Waals surface area contributed by atoms with Crippen LogP contribution in [-0.2, 0) is 0 Å². The van der Waals surface area contributed by atoms with E-state index in [0.717, 1.165) is 0 Å². The first-order chi connectivity index (χ1) is 14.2. The summed E-state index contributed by atoms with van der Waals surface area (Å²) in [6.07, 6.45) is 0. The molecule has 0 aliphatic heterocycles. The molecule has 0 atom stereocenters. The normalized spacial score (nSPS) is 10.5. The van der Waals surface area contributed by atoms with Crippen LogP contribution < -0.4 is 10.6 Å². The fourth-order valence-electron chi connectivity index (χ4n) is 2.52. The van der Waals surface area contributed by atoms with Crippen LogP contribution in [0.2, 0.25) is 15.1 Å². The average Bonchev–Trinajstić information content (AvgIpc) is 3.16. The molecule has 154 valence electrons. The van der Waals surface area contributed by atoms with Crippen LogP contribution in [0.25, 0.3) is 11.3 Å². The van der Waals surface area contributed by atoms with Gasteiger partial charge in [0.1, 0.15) is 10.8 Å². The molecule has 0 bridgehead atoms. The Balaban J connectivity index is 1.70. The molecule has 2 aromatic carbocycles. The number of nitrogens with zero attached hydrogens (tertiary/aromatic N) is 1. The highest BCUT2D eigenvalue weighted by Crippen LogP contribution is 2.31. The number of halogens is 3. The molecule has 0 spiro atoms. The summed E-state index contributed by atoms with van der Waals surface area (Å²) < 4.78 is 5.57. The van der Waals surface area contributed by atoms with Crippen molar-refractivity contribution < 1.29 is 14.1 Å². The molecule has 1 amide bonds. The Labute approximate surface area is 191 Å². The monoisotopic (exact) mass is 483 g/mol. The van der Waals surface area contributed by atoms with E-state index in [1.54, 1.807) is 31.2 Å². The fraction of sp³-hybridized carbons (Fsp3) is 0.0526. The van der Waals surface area contributed by atoms with E-state index in [1.807, 2.05) is 0 Å². The number of carbonyl (C=O) groups excluding carboxylic acids is 1. The zero-order chi connectivity index (χ0) is 22.0. The highest BCUT2D eigenvalue weighted by Gasteiger charge is 2.17. The van der Waals surface area contributed by atoms with E-state index < -0.39 is 10.8 Å². The summed E-state index contributed by atoms with van der Waals surface area (Å²) in [5, 5.41) is 16.9. The minimum Gasteiger partial charge on any atom is -0.451 e. The third-order valence-electron chi connectivity index (χ3n) is 4.00. The van der Waals surface area contributed by atoms with Crippen molar-refractivity contribution in [3.8, 4) is 11.3 Å². The minimum atomic E-state index is -0.582. The van der Waals surface area contributed by atoms with Crippen LogP contribution in [0.1, 0.15) is 16.1 Å². The van der Waals surface area contributed by atoms with E-state index in [2.05, 4.69) is 10.6 Å². The molecule has 0 fully saturated rings. The van der Waals surface area contributed by atoms with Crippen molar-refractivity contribution in [3.05, 3.63) is 79.0 Å². The van der Waals surface area contributed by atoms with E-state index >= 15 is 0 Å². The van der Waals surface area contributed by atoms with Crippen LogP contribution in [0.4, 0.5) is 11.4 Å². The summed E-state index contributed by atoms with van der Waals surface area (Å²) in [7, 11) is 0. The Morgan fingerprint density at radius 2 is 1.80 bits per heavy atom. The van der Waals surface area contributed by atoms with Gasteiger partial charge in [-0.25, -0.2) is 0 Å². The van der Waals surface area contributed by atoms with Gasteiger partial charge in [-0.1, -0.05) is 34.8 Å². The van der Waals surface area contributed by atoms with Crippen molar-refractivity contribution in [2.45, 2.75) is 6.92 Å². The first kappa shape index (κ1) is 22.0. The topological polar surface area (TPSA) is 97.4 Å². The van der Waals surface area contributed by atoms with Gasteiger partial charge in [0.25, 0.3) is 11.6 Å². The summed E-state index contributed by atoms with van der Waals surface area (Å²) in [5.41, 5.74) is 1.38. The van der Waals surface area contributed by atoms with Gasteiger partial charge in [-0.15, -0.1) is 0 Å². The maximum Gasteiger partial charge on any atom is 0.293 e. The number of hydrogen-bond acceptors (Lipinski definition) is 5. The molecule has 0 aliphatic rings. The number of thiocarbonyl (C=S) groups is 1. The van der Waals surface area contributed by atoms with E-state index in [0.29, 0.717) is 32.6 Å². The molecule has 0 saturated heterocycles. The standard InChI is InChI=1S/C19H12Cl3N3O4S/c1-9-6-15(25(27)28)13(22)8-14(9)23-19(30)24-18(26)17-5-4-16(29-17)10-2-3-11(20)12(21)7-10/h2-8H,1H3,(H2,23,24,26,30). The summed E-state index contributed by atoms with van der Waals surface area (Å²) in [6, 6.07) is 10.7. The molecule has 30 heavy (non-hydrogen) atoms. The molecule has 1 aromatic heterocycles. The summed E-state index contributed by atoms with van der Waals surface area (Å²) in [6.45, 7) is 1.64. The quantitative estimate of drug-likeness (QED) is 0.258. The van der Waals surface area contributed by atoms with Crippen LogP contribution in [0, 0.1) is 17.0 Å². The second-order valence-electron chi connectivity index (χ2n) is 6.08. The molecule has 1 heterocycles. The lowest BCUT2D eigenvalue weighted by Crippen LogP contribution is -2.34. The zero-order valence-electron chi connectivity index (χ0n) is 15.2. The molecule has 0 aliphatic carbocycles. The maximum absolute atomic E-state index is 12.4. The van der Waals surface area contributed by atoms with Crippen LogP contribution in [0.15, 0.2) is 46.9 Å². The molecule has 0 radical (unpaired) electrons. The highest BCUT2D eigenvalue weighted by atomic mass is 35.5. The Hall–Kier alpha value is -2.65. The highest BCUT2D eigenvalue weighted by molar-refractivity contribution is 7.80. The number of rotatable bonds is 4. The second-order valence-corrected chi connectivity index (χ2v) is 7.71. The SMILES string of the molecule is Cc1cc([N+](=O)[O-])c(Cl)cc1NC(=S)NC(=O)c1ccc(-c2ccc(Cl)c(Cl)c2)o1. The van der Waals surface area contributed by atoms with Crippen molar-refractivity contribution in [2.75, 3.05) is 5.32 Å². The Bertz CT molecular complexity index is 1180. The van der Waals surface area contributed by atoms with E-state index in [4.69, 9.17) is 51.4 Å². The first-order valence-corrected chi connectivity index (χ1v) is 9.82. The smallest absolute Gasteiger partial charge is 0.293 e. The predicted octanol–water partition coefficient (Wildman–Crippen LogP) is 6.25. The van der Waals surface area contributed by atoms with Crippen molar-refractivity contribution in [1.29, 1.82) is 0 Å². The first-order valence-electron chi connectivity index (χ1n) is 8.28. The predicted molar refractivity (Wildman–Crippen MR) is 121 cm³/mol. The number of anilines is 1. The van der Waals surface area contributed by atoms with Gasteiger partial charge in [0, 0.05) is 17.3 Å². The van der Waals surface area contributed by atoms with Gasteiger partial charge < -0.3 is 9.73 Å². The van der Waals surface area contributed by atoms with Crippen molar-refractivity contribution in [3.63, 3.8) is 0 Å². The molecule has 3 rings (SSSR count). The molecule has 0 unspecified atom stereocenters. The van der Waals surface area contributed by atoms with Gasteiger partial charge >= 0.3 is 0 Å². The number of amides is 1. The Morgan fingerprint density at radius 3 is 2.47 bits per heavy atom.